The van der Waals surface area contributed by atoms with E-state index in [-0.39, 0.29) is 29.1 Å². The zero-order valence-corrected chi connectivity index (χ0v) is 17.4. The topological polar surface area (TPSA) is 106 Å². The minimum Gasteiger partial charge on any atom is -0.495 e. The number of sulfonamides is 1. The van der Waals surface area contributed by atoms with E-state index in [9.17, 15) is 8.42 Å². The zero-order chi connectivity index (χ0) is 19.2. The highest BCUT2D eigenvalue weighted by atomic mass is 35.5. The van der Waals surface area contributed by atoms with Crippen molar-refractivity contribution in [2.45, 2.75) is 31.2 Å². The second-order valence-corrected chi connectivity index (χ2v) is 7.42. The number of nitrogens with zero attached hydrogens (tertiary/aromatic N) is 2. The maximum Gasteiger partial charge on any atom is 0.250 e. The van der Waals surface area contributed by atoms with Crippen molar-refractivity contribution in [1.82, 2.24) is 20.2 Å². The van der Waals surface area contributed by atoms with Crippen LogP contribution in [0.4, 0.5) is 0 Å². The summed E-state index contributed by atoms with van der Waals surface area (Å²) in [4.78, 5) is 4.37. The average Bonchev–Trinajstić information content (AvgIpc) is 3.06. The van der Waals surface area contributed by atoms with Crippen LogP contribution in [-0.2, 0) is 16.4 Å². The van der Waals surface area contributed by atoms with Crippen molar-refractivity contribution in [3.05, 3.63) is 35.5 Å². The molecule has 0 saturated heterocycles. The fourth-order valence-electron chi connectivity index (χ4n) is 2.24. The van der Waals surface area contributed by atoms with E-state index < -0.39 is 10.0 Å². The number of nitrogens with one attached hydrogen (secondary N) is 2. The molecule has 0 aliphatic rings. The smallest absolute Gasteiger partial charge is 0.250 e. The minimum atomic E-state index is -3.64. The molecule has 8 nitrogen and oxygen atoms in total. The third-order valence-corrected chi connectivity index (χ3v) is 5.26. The number of aromatic nitrogens is 2. The van der Waals surface area contributed by atoms with Gasteiger partial charge in [-0.1, -0.05) is 18.1 Å². The molecule has 1 unspecified atom stereocenters. The molecule has 0 aliphatic carbocycles. The number of methoxy groups -OCH3 is 1. The number of hydrogen-bond donors (Lipinski definition) is 2. The number of rotatable bonds is 9. The number of likely N-dealkylation sites (N-methyl/N-ethyl adjacent to an activating group) is 1. The molecule has 2 aromatic rings. The predicted octanol–water partition coefficient (Wildman–Crippen LogP) is 2.12. The van der Waals surface area contributed by atoms with Crippen LogP contribution in [0.25, 0.3) is 12.2 Å². The molecule has 0 saturated carbocycles. The summed E-state index contributed by atoms with van der Waals surface area (Å²) in [7, 11) is -0.336. The molecule has 27 heavy (non-hydrogen) atoms. The standard InChI is InChI=1S/C17H24N4O4S.ClH/c1-5-19-26(22,23)15-11-13(6-8-14(15)24-4)7-9-17-20-16(21-25-17)10-12(2)18-3;/h6-9,11-12,18-19H,5,10H2,1-4H3;1H/b9-7+;. The summed E-state index contributed by atoms with van der Waals surface area (Å²) in [6.07, 6.45) is 4.01. The van der Waals surface area contributed by atoms with Crippen molar-refractivity contribution < 1.29 is 17.7 Å². The van der Waals surface area contributed by atoms with Gasteiger partial charge in [0.15, 0.2) is 5.82 Å². The summed E-state index contributed by atoms with van der Waals surface area (Å²) in [6.45, 7) is 4.03. The van der Waals surface area contributed by atoms with Crippen LogP contribution < -0.4 is 14.8 Å². The quantitative estimate of drug-likeness (QED) is 0.644. The second-order valence-electron chi connectivity index (χ2n) is 5.69. The van der Waals surface area contributed by atoms with Crippen LogP contribution in [0.3, 0.4) is 0 Å². The van der Waals surface area contributed by atoms with Crippen LogP contribution in [0.5, 0.6) is 5.75 Å². The normalized spacial score (nSPS) is 12.7. The van der Waals surface area contributed by atoms with Gasteiger partial charge in [-0.15, -0.1) is 12.4 Å². The van der Waals surface area contributed by atoms with Gasteiger partial charge in [0.2, 0.25) is 10.0 Å². The molecule has 2 rings (SSSR count). The molecule has 10 heteroatoms. The fraction of sp³-hybridized carbons (Fsp3) is 0.412. The fourth-order valence-corrected chi connectivity index (χ4v) is 3.48. The van der Waals surface area contributed by atoms with Crippen molar-refractivity contribution in [2.75, 3.05) is 20.7 Å². The van der Waals surface area contributed by atoms with E-state index in [2.05, 4.69) is 20.2 Å². The van der Waals surface area contributed by atoms with Crippen LogP contribution in [0, 0.1) is 0 Å². The van der Waals surface area contributed by atoms with Gasteiger partial charge in [-0.3, -0.25) is 0 Å². The molecular weight excluding hydrogens is 392 g/mol. The monoisotopic (exact) mass is 416 g/mol. The van der Waals surface area contributed by atoms with Gasteiger partial charge in [0.05, 0.1) is 7.11 Å². The first-order chi connectivity index (χ1) is 12.4. The Hall–Kier alpha value is -1.94. The molecule has 1 aromatic carbocycles. The Balaban J connectivity index is 0.00000364. The van der Waals surface area contributed by atoms with E-state index in [0.717, 1.165) is 0 Å². The largest absolute Gasteiger partial charge is 0.495 e. The van der Waals surface area contributed by atoms with E-state index in [1.807, 2.05) is 14.0 Å². The number of ether oxygens (including phenoxy) is 1. The van der Waals surface area contributed by atoms with E-state index >= 15 is 0 Å². The Morgan fingerprint density at radius 3 is 2.70 bits per heavy atom. The molecular formula is C17H25ClN4O4S. The Kier molecular flexibility index (Phi) is 8.91. The summed E-state index contributed by atoms with van der Waals surface area (Å²) in [6, 6.07) is 5.14. The van der Waals surface area contributed by atoms with E-state index in [1.165, 1.54) is 13.2 Å². The highest BCUT2D eigenvalue weighted by Gasteiger charge is 2.18. The molecule has 0 fully saturated rings. The summed E-state index contributed by atoms with van der Waals surface area (Å²) in [5.74, 6) is 1.25. The predicted molar refractivity (Wildman–Crippen MR) is 107 cm³/mol. The molecule has 0 radical (unpaired) electrons. The Bertz CT molecular complexity index is 868. The minimum absolute atomic E-state index is 0. The lowest BCUT2D eigenvalue weighted by Crippen LogP contribution is -2.24. The van der Waals surface area contributed by atoms with E-state index in [1.54, 1.807) is 31.2 Å². The van der Waals surface area contributed by atoms with Gasteiger partial charge < -0.3 is 14.6 Å². The Labute approximate surface area is 165 Å². The molecule has 0 amide bonds. The van der Waals surface area contributed by atoms with Crippen molar-refractivity contribution in [2.24, 2.45) is 0 Å². The zero-order valence-electron chi connectivity index (χ0n) is 15.7. The lowest BCUT2D eigenvalue weighted by molar-refractivity contribution is 0.400. The van der Waals surface area contributed by atoms with Crippen LogP contribution in [0.1, 0.15) is 31.1 Å². The van der Waals surface area contributed by atoms with Crippen LogP contribution in [0.2, 0.25) is 0 Å². The summed E-state index contributed by atoms with van der Waals surface area (Å²) >= 11 is 0. The van der Waals surface area contributed by atoms with Crippen molar-refractivity contribution in [3.63, 3.8) is 0 Å². The highest BCUT2D eigenvalue weighted by molar-refractivity contribution is 7.89. The summed E-state index contributed by atoms with van der Waals surface area (Å²) in [5, 5.41) is 7.03. The molecule has 0 spiro atoms. The molecule has 150 valence electrons. The summed E-state index contributed by atoms with van der Waals surface area (Å²) < 4.78 is 37.4. The first-order valence-electron chi connectivity index (χ1n) is 8.25. The van der Waals surface area contributed by atoms with Crippen LogP contribution in [0.15, 0.2) is 27.6 Å². The Morgan fingerprint density at radius 2 is 2.07 bits per heavy atom. The van der Waals surface area contributed by atoms with Gasteiger partial charge in [-0.25, -0.2) is 13.1 Å². The van der Waals surface area contributed by atoms with Gasteiger partial charge in [0, 0.05) is 25.1 Å². The molecule has 0 bridgehead atoms. The van der Waals surface area contributed by atoms with Gasteiger partial charge in [-0.05, 0) is 37.7 Å². The second kappa shape index (κ2) is 10.4. The highest BCUT2D eigenvalue weighted by Crippen LogP contribution is 2.25. The lowest BCUT2D eigenvalue weighted by atomic mass is 10.2. The van der Waals surface area contributed by atoms with Crippen molar-refractivity contribution in [1.29, 1.82) is 0 Å². The average molecular weight is 417 g/mol. The van der Waals surface area contributed by atoms with Gasteiger partial charge in [-0.2, -0.15) is 4.98 Å². The van der Waals surface area contributed by atoms with Crippen LogP contribution >= 0.6 is 12.4 Å². The molecule has 0 aliphatic heterocycles. The maximum atomic E-state index is 12.3. The van der Waals surface area contributed by atoms with Gasteiger partial charge >= 0.3 is 0 Å². The molecule has 1 atom stereocenters. The van der Waals surface area contributed by atoms with Gasteiger partial charge in [0.1, 0.15) is 10.6 Å². The number of hydrogen-bond acceptors (Lipinski definition) is 7. The first-order valence-corrected chi connectivity index (χ1v) is 9.73. The SMILES string of the molecule is CCNS(=O)(=O)c1cc(/C=C/c2nc(CC(C)NC)no2)ccc1OC.Cl. The van der Waals surface area contributed by atoms with Gasteiger partial charge in [0.25, 0.3) is 5.89 Å². The van der Waals surface area contributed by atoms with E-state index in [0.29, 0.717) is 30.2 Å². The number of halogens is 1. The molecule has 2 N–H and O–H groups in total. The third-order valence-electron chi connectivity index (χ3n) is 3.70. The van der Waals surface area contributed by atoms with Crippen LogP contribution in [-0.4, -0.2) is 45.3 Å². The van der Waals surface area contributed by atoms with Crippen molar-refractivity contribution >= 4 is 34.6 Å². The van der Waals surface area contributed by atoms with Crippen molar-refractivity contribution in [3.8, 4) is 5.75 Å². The first kappa shape index (κ1) is 23.1. The Morgan fingerprint density at radius 1 is 1.33 bits per heavy atom. The van der Waals surface area contributed by atoms with E-state index in [4.69, 9.17) is 9.26 Å². The number of benzene rings is 1. The third kappa shape index (κ3) is 6.31. The summed E-state index contributed by atoms with van der Waals surface area (Å²) in [5.41, 5.74) is 0.672. The molecule has 1 aromatic heterocycles. The lowest BCUT2D eigenvalue weighted by Gasteiger charge is -2.10. The maximum absolute atomic E-state index is 12.3. The molecule has 1 heterocycles.